The summed E-state index contributed by atoms with van der Waals surface area (Å²) in [6.07, 6.45) is 0. The number of rotatable bonds is 7. The van der Waals surface area contributed by atoms with Gasteiger partial charge in [0.1, 0.15) is 11.5 Å². The molecule has 0 unspecified atom stereocenters. The average molecular weight is 461 g/mol. The first-order valence-corrected chi connectivity index (χ1v) is 11.0. The fourth-order valence-electron chi connectivity index (χ4n) is 2.83. The summed E-state index contributed by atoms with van der Waals surface area (Å²) >= 11 is 6.09. The van der Waals surface area contributed by atoms with Gasteiger partial charge in [0.05, 0.1) is 29.8 Å². The van der Waals surface area contributed by atoms with Gasteiger partial charge >= 0.3 is 0 Å². The Hall–Kier alpha value is -3.23. The van der Waals surface area contributed by atoms with Crippen molar-refractivity contribution in [2.24, 2.45) is 0 Å². The fourth-order valence-corrected chi connectivity index (χ4v) is 4.33. The predicted octanol–water partition coefficient (Wildman–Crippen LogP) is 4.43. The Morgan fingerprint density at radius 3 is 2.29 bits per heavy atom. The number of anilines is 2. The maximum Gasteiger partial charge on any atom is 0.264 e. The molecule has 3 aromatic rings. The lowest BCUT2D eigenvalue weighted by Gasteiger charge is -2.20. The second-order valence-corrected chi connectivity index (χ2v) is 8.88. The molecule has 0 atom stereocenters. The molecule has 31 heavy (non-hydrogen) atoms. The summed E-state index contributed by atoms with van der Waals surface area (Å²) in [6, 6.07) is 17.3. The number of nitrogens with one attached hydrogen (secondary N) is 1. The molecule has 3 rings (SSSR count). The number of carbonyl (C=O) groups is 1. The van der Waals surface area contributed by atoms with Crippen molar-refractivity contribution in [2.75, 3.05) is 30.9 Å². The maximum absolute atomic E-state index is 13.1. The third kappa shape index (κ3) is 4.92. The Bertz CT molecular complexity index is 1200. The zero-order valence-corrected chi connectivity index (χ0v) is 18.7. The van der Waals surface area contributed by atoms with Crippen LogP contribution in [0.1, 0.15) is 10.4 Å². The smallest absolute Gasteiger partial charge is 0.264 e. The molecule has 0 aliphatic rings. The number of carbonyl (C=O) groups excluding carboxylic acids is 1. The molecule has 3 aromatic carbocycles. The van der Waals surface area contributed by atoms with Gasteiger partial charge in [0.2, 0.25) is 0 Å². The number of hydrogen-bond donors (Lipinski definition) is 1. The summed E-state index contributed by atoms with van der Waals surface area (Å²) in [7, 11) is 0.594. The Balaban J connectivity index is 1.84. The van der Waals surface area contributed by atoms with Crippen LogP contribution in [0.15, 0.2) is 71.6 Å². The molecule has 0 saturated heterocycles. The Kier molecular flexibility index (Phi) is 6.72. The van der Waals surface area contributed by atoms with Crippen LogP contribution < -0.4 is 19.1 Å². The molecule has 1 N–H and O–H groups in total. The number of amides is 1. The summed E-state index contributed by atoms with van der Waals surface area (Å²) in [5.74, 6) is 0.631. The van der Waals surface area contributed by atoms with Crippen LogP contribution in [-0.2, 0) is 10.0 Å². The highest BCUT2D eigenvalue weighted by molar-refractivity contribution is 7.92. The normalized spacial score (nSPS) is 11.0. The highest BCUT2D eigenvalue weighted by Crippen LogP contribution is 2.28. The molecule has 0 aromatic heterocycles. The van der Waals surface area contributed by atoms with Crippen LogP contribution in [0.5, 0.6) is 11.5 Å². The topological polar surface area (TPSA) is 84.9 Å². The number of nitrogens with zero attached hydrogens (tertiary/aromatic N) is 1. The summed E-state index contributed by atoms with van der Waals surface area (Å²) < 4.78 is 37.5. The van der Waals surface area contributed by atoms with Crippen LogP contribution in [0.3, 0.4) is 0 Å². The Labute approximate surface area is 186 Å². The number of hydrogen-bond acceptors (Lipinski definition) is 5. The van der Waals surface area contributed by atoms with E-state index in [2.05, 4.69) is 5.32 Å². The SMILES string of the molecule is COc1ccc(N(C)S(=O)(=O)c2cccc(C(=O)Nc3ccc(OC)c(Cl)c3)c2)cc1. The lowest BCUT2D eigenvalue weighted by Crippen LogP contribution is -2.26. The van der Waals surface area contributed by atoms with Crippen molar-refractivity contribution in [3.8, 4) is 11.5 Å². The third-order valence-electron chi connectivity index (χ3n) is 4.60. The van der Waals surface area contributed by atoms with E-state index in [9.17, 15) is 13.2 Å². The monoisotopic (exact) mass is 460 g/mol. The Morgan fingerprint density at radius 2 is 1.68 bits per heavy atom. The first-order chi connectivity index (χ1) is 14.8. The first kappa shape index (κ1) is 22.5. The molecule has 7 nitrogen and oxygen atoms in total. The van der Waals surface area contributed by atoms with Crippen molar-refractivity contribution in [1.82, 2.24) is 0 Å². The summed E-state index contributed by atoms with van der Waals surface area (Å²) in [5.41, 5.74) is 1.11. The third-order valence-corrected chi connectivity index (χ3v) is 6.68. The predicted molar refractivity (Wildman–Crippen MR) is 121 cm³/mol. The summed E-state index contributed by atoms with van der Waals surface area (Å²) in [5, 5.41) is 3.05. The van der Waals surface area contributed by atoms with E-state index in [1.54, 1.807) is 42.5 Å². The van der Waals surface area contributed by atoms with Crippen molar-refractivity contribution in [1.29, 1.82) is 0 Å². The van der Waals surface area contributed by atoms with Crippen molar-refractivity contribution >= 4 is 38.9 Å². The van der Waals surface area contributed by atoms with Gasteiger partial charge in [-0.2, -0.15) is 0 Å². The molecular formula is C22H21ClN2O5S. The fraction of sp³-hybridized carbons (Fsp3) is 0.136. The van der Waals surface area contributed by atoms with Gasteiger partial charge in [-0.25, -0.2) is 8.42 Å². The van der Waals surface area contributed by atoms with Gasteiger partial charge in [-0.3, -0.25) is 9.10 Å². The van der Waals surface area contributed by atoms with Gasteiger partial charge in [0.15, 0.2) is 0 Å². The second kappa shape index (κ2) is 9.28. The number of sulfonamides is 1. The van der Waals surface area contributed by atoms with Crippen LogP contribution in [0, 0.1) is 0 Å². The molecule has 0 fully saturated rings. The van der Waals surface area contributed by atoms with Crippen molar-refractivity contribution < 1.29 is 22.7 Å². The van der Waals surface area contributed by atoms with E-state index in [-0.39, 0.29) is 10.5 Å². The van der Waals surface area contributed by atoms with E-state index in [0.29, 0.717) is 27.9 Å². The van der Waals surface area contributed by atoms with E-state index in [1.807, 2.05) is 0 Å². The van der Waals surface area contributed by atoms with Crippen molar-refractivity contribution in [2.45, 2.75) is 4.90 Å². The molecule has 9 heteroatoms. The number of methoxy groups -OCH3 is 2. The molecule has 0 aliphatic heterocycles. The molecule has 0 radical (unpaired) electrons. The van der Waals surface area contributed by atoms with Crippen LogP contribution >= 0.6 is 11.6 Å². The lowest BCUT2D eigenvalue weighted by molar-refractivity contribution is 0.102. The molecular weight excluding hydrogens is 440 g/mol. The van der Waals surface area contributed by atoms with Crippen LogP contribution in [0.25, 0.3) is 0 Å². The molecule has 0 heterocycles. The maximum atomic E-state index is 13.1. The van der Waals surface area contributed by atoms with Crippen LogP contribution in [0.2, 0.25) is 5.02 Å². The van der Waals surface area contributed by atoms with Gasteiger partial charge < -0.3 is 14.8 Å². The minimum absolute atomic E-state index is 0.00812. The second-order valence-electron chi connectivity index (χ2n) is 6.50. The molecule has 0 spiro atoms. The van der Waals surface area contributed by atoms with E-state index < -0.39 is 15.9 Å². The van der Waals surface area contributed by atoms with Gasteiger partial charge in [-0.15, -0.1) is 0 Å². The van der Waals surface area contributed by atoms with Gasteiger partial charge in [-0.1, -0.05) is 17.7 Å². The quantitative estimate of drug-likeness (QED) is 0.563. The minimum atomic E-state index is -3.88. The van der Waals surface area contributed by atoms with E-state index in [0.717, 1.165) is 4.31 Å². The van der Waals surface area contributed by atoms with E-state index in [4.69, 9.17) is 21.1 Å². The first-order valence-electron chi connectivity index (χ1n) is 9.14. The minimum Gasteiger partial charge on any atom is -0.497 e. The number of benzene rings is 3. The molecule has 0 saturated carbocycles. The molecule has 0 bridgehead atoms. The molecule has 162 valence electrons. The highest BCUT2D eigenvalue weighted by atomic mass is 35.5. The van der Waals surface area contributed by atoms with E-state index in [1.165, 1.54) is 45.5 Å². The van der Waals surface area contributed by atoms with Gasteiger partial charge in [0.25, 0.3) is 15.9 Å². The van der Waals surface area contributed by atoms with Crippen molar-refractivity contribution in [3.05, 3.63) is 77.3 Å². The van der Waals surface area contributed by atoms with Gasteiger partial charge in [0, 0.05) is 18.3 Å². The zero-order valence-electron chi connectivity index (χ0n) is 17.1. The van der Waals surface area contributed by atoms with Crippen LogP contribution in [-0.4, -0.2) is 35.6 Å². The number of ether oxygens (including phenoxy) is 2. The summed E-state index contributed by atoms with van der Waals surface area (Å²) in [4.78, 5) is 12.7. The zero-order chi connectivity index (χ0) is 22.6. The standard InChI is InChI=1S/C22H21ClN2O5S/c1-25(17-8-10-18(29-2)11-9-17)31(27,28)19-6-4-5-15(13-19)22(26)24-16-7-12-21(30-3)20(23)14-16/h4-14H,1-3H3,(H,24,26). The largest absolute Gasteiger partial charge is 0.497 e. The van der Waals surface area contributed by atoms with Crippen molar-refractivity contribution in [3.63, 3.8) is 0 Å². The Morgan fingerprint density at radius 1 is 0.968 bits per heavy atom. The lowest BCUT2D eigenvalue weighted by atomic mass is 10.2. The molecule has 0 aliphatic carbocycles. The van der Waals surface area contributed by atoms with E-state index >= 15 is 0 Å². The van der Waals surface area contributed by atoms with Crippen LogP contribution in [0.4, 0.5) is 11.4 Å². The average Bonchev–Trinajstić information content (AvgIpc) is 2.78. The highest BCUT2D eigenvalue weighted by Gasteiger charge is 2.22. The molecule has 1 amide bonds. The summed E-state index contributed by atoms with van der Waals surface area (Å²) in [6.45, 7) is 0. The van der Waals surface area contributed by atoms with Gasteiger partial charge in [-0.05, 0) is 60.7 Å². The number of halogens is 1.